The van der Waals surface area contributed by atoms with Gasteiger partial charge in [0.1, 0.15) is 29.9 Å². The maximum Gasteiger partial charge on any atom is 0.243 e. The van der Waals surface area contributed by atoms with Gasteiger partial charge < -0.3 is 48.9 Å². The van der Waals surface area contributed by atoms with Crippen molar-refractivity contribution in [3.63, 3.8) is 0 Å². The number of aromatic hydroxyl groups is 1. The van der Waals surface area contributed by atoms with Gasteiger partial charge in [-0.3, -0.25) is 29.0 Å². The number of allylic oxidation sites excluding steroid dienone is 1. The highest BCUT2D eigenvalue weighted by molar-refractivity contribution is 5.97. The van der Waals surface area contributed by atoms with E-state index in [4.69, 9.17) is 22.9 Å². The van der Waals surface area contributed by atoms with Crippen LogP contribution < -0.4 is 38.9 Å². The highest BCUT2D eigenvalue weighted by Gasteiger charge is 2.37. The number of carbonyl (C=O) groups excluding carboxylic acids is 5. The first-order chi connectivity index (χ1) is 25.9. The van der Waals surface area contributed by atoms with Gasteiger partial charge in [0.05, 0.1) is 6.42 Å². The van der Waals surface area contributed by atoms with E-state index in [2.05, 4.69) is 40.0 Å². The van der Waals surface area contributed by atoms with Crippen molar-refractivity contribution in [2.45, 2.75) is 101 Å². The number of likely N-dealkylation sites (tertiary alicyclic amines) is 1. The largest absolute Gasteiger partial charge is 0.508 e. The molecule has 5 atom stereocenters. The minimum Gasteiger partial charge on any atom is -0.508 e. The van der Waals surface area contributed by atoms with E-state index >= 15 is 0 Å². The molecular weight excluding hydrogens is 690 g/mol. The van der Waals surface area contributed by atoms with Crippen molar-refractivity contribution in [3.8, 4) is 5.75 Å². The molecule has 0 radical (unpaired) electrons. The zero-order chi connectivity index (χ0) is 39.2. The average Bonchev–Trinajstić information content (AvgIpc) is 3.65. The van der Waals surface area contributed by atoms with E-state index in [9.17, 15) is 29.1 Å². The van der Waals surface area contributed by atoms with E-state index in [0.29, 0.717) is 56.7 Å². The van der Waals surface area contributed by atoms with Gasteiger partial charge in [-0.05, 0) is 98.2 Å². The number of carbonyl (C=O) groups is 5. The van der Waals surface area contributed by atoms with Crippen molar-refractivity contribution < 1.29 is 29.1 Å². The normalized spacial score (nSPS) is 18.0. The van der Waals surface area contributed by atoms with Crippen molar-refractivity contribution in [2.24, 2.45) is 27.9 Å². The second kappa shape index (κ2) is 20.1. The molecule has 1 fully saturated rings. The molecule has 2 aromatic carbocycles. The van der Waals surface area contributed by atoms with Crippen molar-refractivity contribution in [1.82, 2.24) is 20.9 Å². The van der Waals surface area contributed by atoms with Crippen LogP contribution in [0.4, 0.5) is 0 Å². The monoisotopic (exact) mass is 745 g/mol. The standard InChI is InChI=1S/C39H55N9O6/c1-24-13-16-26(29-9-3-2-8-28(24)29)23-34(50)48-21-7-12-33(48)38(54)46-30(10-4-5-19-40)36(52)45-31(11-6-20-44-39(42)43)37(53)47-32(35(41)51)22-25-14-17-27(49)18-15-25/h2-3,8-9,14-18,24,30-33,49H,4-7,10-13,19-23,40H2,1H3,(H2,41,51)(H,45,52)(H,46,54)(H,47,53)(H4,42,43,44)/t24?,30-,31-,32-,33-/m0/s1. The van der Waals surface area contributed by atoms with Gasteiger partial charge in [-0.2, -0.15) is 0 Å². The summed E-state index contributed by atoms with van der Waals surface area (Å²) in [7, 11) is 0. The van der Waals surface area contributed by atoms with Crippen LogP contribution in [0.5, 0.6) is 5.75 Å². The van der Waals surface area contributed by atoms with Gasteiger partial charge in [0.15, 0.2) is 5.96 Å². The number of nitrogens with zero attached hydrogens (tertiary/aromatic N) is 2. The molecule has 12 N–H and O–H groups in total. The van der Waals surface area contributed by atoms with Crippen LogP contribution in [0.25, 0.3) is 5.57 Å². The average molecular weight is 746 g/mol. The molecule has 15 heteroatoms. The van der Waals surface area contributed by atoms with Crippen molar-refractivity contribution in [2.75, 3.05) is 19.6 Å². The Bertz CT molecular complexity index is 1690. The zero-order valence-electron chi connectivity index (χ0n) is 31.0. The Morgan fingerprint density at radius 1 is 0.889 bits per heavy atom. The molecule has 1 unspecified atom stereocenters. The lowest BCUT2D eigenvalue weighted by molar-refractivity contribution is -0.139. The number of hydrogen-bond donors (Lipinski definition) is 8. The summed E-state index contributed by atoms with van der Waals surface area (Å²) in [4.78, 5) is 73.0. The number of aliphatic imine (C=N–C) groups is 1. The Morgan fingerprint density at radius 3 is 2.24 bits per heavy atom. The molecular formula is C39H55N9O6. The molecule has 1 aliphatic heterocycles. The maximum absolute atomic E-state index is 13.9. The van der Waals surface area contributed by atoms with Crippen LogP contribution in [0.15, 0.2) is 59.6 Å². The number of unbranched alkanes of at least 4 members (excludes halogenated alkanes) is 1. The van der Waals surface area contributed by atoms with Crippen LogP contribution in [0.2, 0.25) is 0 Å². The number of fused-ring (bicyclic) bond motifs is 1. The smallest absolute Gasteiger partial charge is 0.243 e. The maximum atomic E-state index is 13.9. The third kappa shape index (κ3) is 11.8. The molecule has 1 heterocycles. The van der Waals surface area contributed by atoms with Gasteiger partial charge in [0.2, 0.25) is 29.5 Å². The van der Waals surface area contributed by atoms with Gasteiger partial charge in [-0.15, -0.1) is 0 Å². The predicted octanol–water partition coefficient (Wildman–Crippen LogP) is 1.03. The van der Waals surface area contributed by atoms with E-state index < -0.39 is 47.8 Å². The minimum absolute atomic E-state index is 0.0419. The van der Waals surface area contributed by atoms with Gasteiger partial charge in [-0.1, -0.05) is 49.4 Å². The number of hydrogen-bond acceptors (Lipinski definition) is 8. The van der Waals surface area contributed by atoms with E-state index in [-0.39, 0.29) is 49.8 Å². The predicted molar refractivity (Wildman–Crippen MR) is 206 cm³/mol. The fourth-order valence-corrected chi connectivity index (χ4v) is 6.98. The SMILES string of the molecule is CC1CC=C(CC(=O)N2CCC[C@H]2C(=O)N[C@@H](CCCCN)C(=O)N[C@@H](CCCN=C(N)N)C(=O)N[C@@H](Cc2ccc(O)cc2)C(N)=O)c2ccccc21. The molecule has 0 spiro atoms. The summed E-state index contributed by atoms with van der Waals surface area (Å²) in [6, 6.07) is 10.1. The molecule has 15 nitrogen and oxygen atoms in total. The van der Waals surface area contributed by atoms with Gasteiger partial charge >= 0.3 is 0 Å². The van der Waals surface area contributed by atoms with Gasteiger partial charge in [0, 0.05) is 19.5 Å². The number of phenols is 1. The summed E-state index contributed by atoms with van der Waals surface area (Å²) in [6.45, 7) is 3.15. The highest BCUT2D eigenvalue weighted by atomic mass is 16.3. The van der Waals surface area contributed by atoms with Crippen LogP contribution in [-0.2, 0) is 30.4 Å². The first-order valence-electron chi connectivity index (χ1n) is 18.7. The van der Waals surface area contributed by atoms with E-state index in [1.807, 2.05) is 18.2 Å². The Kier molecular flexibility index (Phi) is 15.4. The number of phenolic OH excluding ortho intramolecular Hbond substituents is 1. The Morgan fingerprint density at radius 2 is 1.56 bits per heavy atom. The van der Waals surface area contributed by atoms with Crippen LogP contribution in [-0.4, -0.2) is 89.3 Å². The van der Waals surface area contributed by atoms with E-state index in [0.717, 1.165) is 17.6 Å². The number of nitrogens with one attached hydrogen (secondary N) is 3. The second-order valence-electron chi connectivity index (χ2n) is 14.1. The topological polar surface area (TPSA) is 261 Å². The molecule has 2 aromatic rings. The minimum atomic E-state index is -1.14. The molecule has 0 bridgehead atoms. The molecule has 1 aliphatic carbocycles. The number of guanidine groups is 1. The number of benzene rings is 2. The molecule has 1 saturated heterocycles. The summed E-state index contributed by atoms with van der Waals surface area (Å²) in [5, 5.41) is 17.9. The lowest BCUT2D eigenvalue weighted by Crippen LogP contribution is -2.58. The van der Waals surface area contributed by atoms with Crippen molar-refractivity contribution in [3.05, 3.63) is 71.3 Å². The molecule has 0 saturated carbocycles. The van der Waals surface area contributed by atoms with E-state index in [1.54, 1.807) is 17.0 Å². The molecule has 5 amide bonds. The zero-order valence-corrected chi connectivity index (χ0v) is 31.0. The van der Waals surface area contributed by atoms with E-state index in [1.165, 1.54) is 17.7 Å². The first-order valence-corrected chi connectivity index (χ1v) is 18.7. The first kappa shape index (κ1) is 41.3. The molecule has 2 aliphatic rings. The fourth-order valence-electron chi connectivity index (χ4n) is 6.98. The van der Waals surface area contributed by atoms with Crippen LogP contribution in [0.1, 0.15) is 87.3 Å². The number of nitrogens with two attached hydrogens (primary N) is 4. The summed E-state index contributed by atoms with van der Waals surface area (Å²) >= 11 is 0. The van der Waals surface area contributed by atoms with Crippen molar-refractivity contribution in [1.29, 1.82) is 0 Å². The third-order valence-corrected chi connectivity index (χ3v) is 9.97. The summed E-state index contributed by atoms with van der Waals surface area (Å²) in [5.74, 6) is -2.39. The fraction of sp³-hybridized carbons (Fsp3) is 0.487. The molecule has 292 valence electrons. The summed E-state index contributed by atoms with van der Waals surface area (Å²) in [5.41, 5.74) is 26.1. The molecule has 4 rings (SSSR count). The number of amides is 5. The quantitative estimate of drug-likeness (QED) is 0.0579. The van der Waals surface area contributed by atoms with Crippen LogP contribution >= 0.6 is 0 Å². The summed E-state index contributed by atoms with van der Waals surface area (Å²) in [6.07, 6.45) is 6.02. The molecule has 0 aromatic heterocycles. The highest BCUT2D eigenvalue weighted by Crippen LogP contribution is 2.36. The lowest BCUT2D eigenvalue weighted by atomic mass is 9.83. The lowest BCUT2D eigenvalue weighted by Gasteiger charge is -2.29. The summed E-state index contributed by atoms with van der Waals surface area (Å²) < 4.78 is 0. The Balaban J connectivity index is 1.47. The van der Waals surface area contributed by atoms with Gasteiger partial charge in [0.25, 0.3) is 0 Å². The molecule has 54 heavy (non-hydrogen) atoms. The number of rotatable bonds is 19. The van der Waals surface area contributed by atoms with Gasteiger partial charge in [-0.25, -0.2) is 0 Å². The second-order valence-corrected chi connectivity index (χ2v) is 14.1. The third-order valence-electron chi connectivity index (χ3n) is 9.97. The van der Waals surface area contributed by atoms with Crippen LogP contribution in [0, 0.1) is 0 Å². The Hall–Kier alpha value is -5.44. The van der Waals surface area contributed by atoms with Crippen LogP contribution in [0.3, 0.4) is 0 Å². The Labute approximate surface area is 316 Å². The van der Waals surface area contributed by atoms with Crippen molar-refractivity contribution >= 4 is 41.1 Å². The number of primary amides is 1.